The molecule has 1 amide bonds. The van der Waals surface area contributed by atoms with E-state index in [1.54, 1.807) is 31.2 Å². The molecule has 6 heteroatoms. The quantitative estimate of drug-likeness (QED) is 0.404. The highest BCUT2D eigenvalue weighted by atomic mass is 35.5. The molecule has 0 aromatic heterocycles. The smallest absolute Gasteiger partial charge is 0.266 e. The van der Waals surface area contributed by atoms with Crippen molar-refractivity contribution in [1.29, 1.82) is 5.26 Å². The van der Waals surface area contributed by atoms with E-state index in [0.717, 1.165) is 29.8 Å². The van der Waals surface area contributed by atoms with E-state index < -0.39 is 11.7 Å². The number of halogens is 2. The summed E-state index contributed by atoms with van der Waals surface area (Å²) in [7, 11) is 0. The van der Waals surface area contributed by atoms with Gasteiger partial charge in [0.15, 0.2) is 0 Å². The number of anilines is 2. The third-order valence-corrected chi connectivity index (χ3v) is 6.13. The lowest BCUT2D eigenvalue weighted by Gasteiger charge is -2.43. The first-order chi connectivity index (χ1) is 15.1. The van der Waals surface area contributed by atoms with Gasteiger partial charge in [0.1, 0.15) is 17.5 Å². The van der Waals surface area contributed by atoms with Gasteiger partial charge >= 0.3 is 0 Å². The molecule has 0 spiro atoms. The van der Waals surface area contributed by atoms with Crippen LogP contribution in [0, 0.1) is 24.1 Å². The molecule has 0 unspecified atom stereocenters. The lowest BCUT2D eigenvalue weighted by molar-refractivity contribution is -0.112. The zero-order valence-electron chi connectivity index (χ0n) is 19.0. The fourth-order valence-electron chi connectivity index (χ4n) is 4.09. The Bertz CT molecular complexity index is 1170. The molecule has 0 saturated carbocycles. The average Bonchev–Trinajstić information content (AvgIpc) is 2.72. The van der Waals surface area contributed by atoms with Gasteiger partial charge < -0.3 is 10.2 Å². The number of fused-ring (bicyclic) bond motifs is 1. The van der Waals surface area contributed by atoms with Crippen molar-refractivity contribution < 1.29 is 9.18 Å². The highest BCUT2D eigenvalue weighted by Gasteiger charge is 2.31. The Morgan fingerprint density at radius 2 is 2.03 bits per heavy atom. The van der Waals surface area contributed by atoms with Gasteiger partial charge in [-0.3, -0.25) is 4.79 Å². The number of carbonyl (C=O) groups is 1. The van der Waals surface area contributed by atoms with Crippen LogP contribution in [0.3, 0.4) is 0 Å². The molecule has 0 fully saturated rings. The van der Waals surface area contributed by atoms with E-state index >= 15 is 4.39 Å². The van der Waals surface area contributed by atoms with Crippen molar-refractivity contribution in [3.8, 4) is 6.07 Å². The summed E-state index contributed by atoms with van der Waals surface area (Å²) in [5, 5.41) is 12.8. The first-order valence-corrected chi connectivity index (χ1v) is 11.0. The summed E-state index contributed by atoms with van der Waals surface area (Å²) in [4.78, 5) is 14.9. The standard InChI is InChI=1S/C26H27ClFN3O/c1-6-10-31-24-13-22(28)18(12-20(24)16(2)14-26(31,4)5)11-19(15-29)25(32)30-23-9-7-8-21(27)17(23)3/h7-9,11-14H,6,10H2,1-5H3,(H,30,32)/b19-11+. The first kappa shape index (κ1) is 23.6. The van der Waals surface area contributed by atoms with Crippen molar-refractivity contribution in [2.45, 2.75) is 46.6 Å². The van der Waals surface area contributed by atoms with Gasteiger partial charge in [-0.05, 0) is 75.6 Å². The number of rotatable bonds is 5. The molecule has 0 aliphatic carbocycles. The van der Waals surface area contributed by atoms with Crippen LogP contribution in [0.5, 0.6) is 0 Å². The number of hydrogen-bond donors (Lipinski definition) is 1. The molecule has 1 aliphatic heterocycles. The summed E-state index contributed by atoms with van der Waals surface area (Å²) in [6.45, 7) is 10.9. The van der Waals surface area contributed by atoms with Crippen LogP contribution in [0.1, 0.15) is 50.8 Å². The lowest BCUT2D eigenvalue weighted by Crippen LogP contribution is -2.45. The Morgan fingerprint density at radius 1 is 1.31 bits per heavy atom. The van der Waals surface area contributed by atoms with Crippen molar-refractivity contribution in [1.82, 2.24) is 0 Å². The maximum Gasteiger partial charge on any atom is 0.266 e. The molecule has 0 bridgehead atoms. The van der Waals surface area contributed by atoms with Gasteiger partial charge in [-0.25, -0.2) is 4.39 Å². The second-order valence-corrected chi connectivity index (χ2v) is 8.97. The summed E-state index contributed by atoms with van der Waals surface area (Å²) in [5.74, 6) is -1.09. The summed E-state index contributed by atoms with van der Waals surface area (Å²) >= 11 is 6.11. The van der Waals surface area contributed by atoms with Crippen molar-refractivity contribution in [3.63, 3.8) is 0 Å². The molecule has 1 aliphatic rings. The Hall–Kier alpha value is -3.10. The number of hydrogen-bond acceptors (Lipinski definition) is 3. The predicted molar refractivity (Wildman–Crippen MR) is 130 cm³/mol. The minimum atomic E-state index is -0.615. The molecule has 0 atom stereocenters. The first-order valence-electron chi connectivity index (χ1n) is 10.6. The largest absolute Gasteiger partial charge is 0.362 e. The molecule has 32 heavy (non-hydrogen) atoms. The number of nitriles is 1. The van der Waals surface area contributed by atoms with E-state index in [1.807, 2.05) is 13.0 Å². The van der Waals surface area contributed by atoms with Crippen molar-refractivity contribution in [3.05, 3.63) is 69.5 Å². The summed E-state index contributed by atoms with van der Waals surface area (Å²) in [6.07, 6.45) is 4.39. The van der Waals surface area contributed by atoms with Gasteiger partial charge in [0, 0.05) is 34.1 Å². The van der Waals surface area contributed by atoms with Gasteiger partial charge in [-0.15, -0.1) is 0 Å². The van der Waals surface area contributed by atoms with Crippen molar-refractivity contribution >= 4 is 40.5 Å². The highest BCUT2D eigenvalue weighted by Crippen LogP contribution is 2.40. The molecule has 3 rings (SSSR count). The molecule has 0 saturated heterocycles. The number of nitrogens with zero attached hydrogens (tertiary/aromatic N) is 2. The van der Waals surface area contributed by atoms with Gasteiger partial charge in [-0.1, -0.05) is 30.7 Å². The molecular weight excluding hydrogens is 425 g/mol. The van der Waals surface area contributed by atoms with Gasteiger partial charge in [0.2, 0.25) is 0 Å². The minimum Gasteiger partial charge on any atom is -0.362 e. The van der Waals surface area contributed by atoms with Crippen LogP contribution in [-0.4, -0.2) is 18.0 Å². The molecule has 4 nitrogen and oxygen atoms in total. The topological polar surface area (TPSA) is 56.1 Å². The summed E-state index contributed by atoms with van der Waals surface area (Å²) in [5.41, 5.74) is 3.73. The second kappa shape index (κ2) is 9.18. The Labute approximate surface area is 194 Å². The average molecular weight is 452 g/mol. The number of allylic oxidation sites excluding steroid dienone is 1. The summed E-state index contributed by atoms with van der Waals surface area (Å²) < 4.78 is 15.1. The van der Waals surface area contributed by atoms with E-state index in [2.05, 4.69) is 37.1 Å². The van der Waals surface area contributed by atoms with Crippen LogP contribution >= 0.6 is 11.6 Å². The minimum absolute atomic E-state index is 0.189. The van der Waals surface area contributed by atoms with Gasteiger partial charge in [0.25, 0.3) is 5.91 Å². The third kappa shape index (κ3) is 4.56. The van der Waals surface area contributed by atoms with E-state index in [0.29, 0.717) is 16.3 Å². The predicted octanol–water partition coefficient (Wildman–Crippen LogP) is 6.75. The molecule has 1 N–H and O–H groups in total. The van der Waals surface area contributed by atoms with E-state index in [9.17, 15) is 10.1 Å². The fraction of sp³-hybridized carbons (Fsp3) is 0.308. The SMILES string of the molecule is CCCN1c2cc(F)c(/C=C(\C#N)C(=O)Nc3cccc(Cl)c3C)cc2C(C)=CC1(C)C. The van der Waals surface area contributed by atoms with Crippen LogP contribution < -0.4 is 10.2 Å². The van der Waals surface area contributed by atoms with Gasteiger partial charge in [0.05, 0.1) is 5.54 Å². The van der Waals surface area contributed by atoms with Crippen LogP contribution in [0.2, 0.25) is 5.02 Å². The van der Waals surface area contributed by atoms with Crippen LogP contribution in [0.25, 0.3) is 11.6 Å². The fourth-order valence-corrected chi connectivity index (χ4v) is 4.27. The van der Waals surface area contributed by atoms with Crippen molar-refractivity contribution in [2.24, 2.45) is 0 Å². The molecule has 2 aromatic carbocycles. The molecule has 1 heterocycles. The monoisotopic (exact) mass is 451 g/mol. The summed E-state index contributed by atoms with van der Waals surface area (Å²) in [6, 6.07) is 10.2. The number of amides is 1. The van der Waals surface area contributed by atoms with E-state index in [-0.39, 0.29) is 16.7 Å². The normalized spacial score (nSPS) is 15.0. The molecule has 2 aromatic rings. The van der Waals surface area contributed by atoms with Crippen LogP contribution in [0.15, 0.2) is 42.0 Å². The molecule has 166 valence electrons. The molecular formula is C26H27ClFN3O. The lowest BCUT2D eigenvalue weighted by atomic mass is 9.87. The third-order valence-electron chi connectivity index (χ3n) is 5.72. The van der Waals surface area contributed by atoms with Gasteiger partial charge in [-0.2, -0.15) is 5.26 Å². The second-order valence-electron chi connectivity index (χ2n) is 8.56. The maximum absolute atomic E-state index is 15.1. The maximum atomic E-state index is 15.1. The number of carbonyl (C=O) groups excluding carboxylic acids is 1. The Kier molecular flexibility index (Phi) is 6.76. The number of benzene rings is 2. The van der Waals surface area contributed by atoms with E-state index in [4.69, 9.17) is 11.6 Å². The van der Waals surface area contributed by atoms with E-state index in [1.165, 1.54) is 12.1 Å². The molecule has 0 radical (unpaired) electrons. The Balaban J connectivity index is 2.01. The van der Waals surface area contributed by atoms with Crippen LogP contribution in [0.4, 0.5) is 15.8 Å². The number of nitrogens with one attached hydrogen (secondary N) is 1. The Morgan fingerprint density at radius 3 is 2.69 bits per heavy atom. The van der Waals surface area contributed by atoms with Crippen LogP contribution in [-0.2, 0) is 4.79 Å². The van der Waals surface area contributed by atoms with Crippen molar-refractivity contribution in [2.75, 3.05) is 16.8 Å². The highest BCUT2D eigenvalue weighted by molar-refractivity contribution is 6.31. The zero-order chi connectivity index (χ0) is 23.6. The zero-order valence-corrected chi connectivity index (χ0v) is 19.8.